The molecule has 2 aromatic rings. The lowest BCUT2D eigenvalue weighted by molar-refractivity contribution is -0.126. The molecule has 26 heavy (non-hydrogen) atoms. The van der Waals surface area contributed by atoms with Crippen molar-refractivity contribution in [3.63, 3.8) is 0 Å². The minimum absolute atomic E-state index is 0.0826. The lowest BCUT2D eigenvalue weighted by Gasteiger charge is -2.29. The van der Waals surface area contributed by atoms with Gasteiger partial charge in [0.25, 0.3) is 5.91 Å². The topological polar surface area (TPSA) is 43.9 Å². The average Bonchev–Trinajstić information content (AvgIpc) is 3.29. The Balaban J connectivity index is 1.59. The number of carbonyl (C=O) groups is 2. The predicted octanol–water partition coefficient (Wildman–Crippen LogP) is 2.98. The molecule has 0 unspecified atom stereocenters. The Hall–Kier alpha value is -2.02. The van der Waals surface area contributed by atoms with Gasteiger partial charge in [0.2, 0.25) is 5.91 Å². The van der Waals surface area contributed by atoms with Gasteiger partial charge in [-0.2, -0.15) is 0 Å². The molecule has 0 radical (unpaired) electrons. The van der Waals surface area contributed by atoms with Crippen LogP contribution < -0.4 is 4.90 Å². The summed E-state index contributed by atoms with van der Waals surface area (Å²) in [7, 11) is 0. The van der Waals surface area contributed by atoms with Crippen LogP contribution in [0, 0.1) is 5.92 Å². The van der Waals surface area contributed by atoms with Gasteiger partial charge in [-0.1, -0.05) is 46.3 Å². The number of rotatable bonds is 2. The first-order valence-electron chi connectivity index (χ1n) is 8.88. The van der Waals surface area contributed by atoms with Crippen LogP contribution in [0.3, 0.4) is 0 Å². The summed E-state index contributed by atoms with van der Waals surface area (Å²) < 4.78 is 1.01. The number of hydrogen-bond acceptors (Lipinski definition) is 4. The number of benzene rings is 2. The molecule has 3 aliphatic rings. The van der Waals surface area contributed by atoms with Crippen molar-refractivity contribution in [2.45, 2.75) is 18.5 Å². The van der Waals surface area contributed by atoms with E-state index in [4.69, 9.17) is 0 Å². The quantitative estimate of drug-likeness (QED) is 0.712. The highest BCUT2D eigenvalue weighted by Gasteiger charge is 2.62. The van der Waals surface area contributed by atoms with Crippen molar-refractivity contribution in [2.75, 3.05) is 18.0 Å². The molecule has 6 heteroatoms. The number of halogens is 1. The van der Waals surface area contributed by atoms with Gasteiger partial charge in [0.15, 0.2) is 0 Å². The van der Waals surface area contributed by atoms with Gasteiger partial charge in [-0.05, 0) is 36.2 Å². The van der Waals surface area contributed by atoms with Crippen LogP contribution in [0.25, 0.3) is 0 Å². The number of amides is 2. The Kier molecular flexibility index (Phi) is 3.74. The molecule has 2 amide bonds. The number of anilines is 1. The van der Waals surface area contributed by atoms with Gasteiger partial charge in [0.05, 0.1) is 17.6 Å². The minimum atomic E-state index is -0.390. The third kappa shape index (κ3) is 2.22. The summed E-state index contributed by atoms with van der Waals surface area (Å²) in [6.07, 6.45) is 1.02. The lowest BCUT2D eigenvalue weighted by atomic mass is 9.90. The lowest BCUT2D eigenvalue weighted by Crippen LogP contribution is -2.44. The second-order valence-corrected chi connectivity index (χ2v) is 7.91. The molecule has 3 heterocycles. The fourth-order valence-electron chi connectivity index (χ4n) is 4.60. The van der Waals surface area contributed by atoms with Gasteiger partial charge in [-0.3, -0.25) is 9.59 Å². The van der Waals surface area contributed by atoms with Crippen molar-refractivity contribution in [1.29, 1.82) is 0 Å². The highest BCUT2D eigenvalue weighted by Crippen LogP contribution is 2.48. The van der Waals surface area contributed by atoms with Gasteiger partial charge >= 0.3 is 0 Å². The fourth-order valence-corrected chi connectivity index (χ4v) is 4.87. The van der Waals surface area contributed by atoms with Crippen LogP contribution in [0.15, 0.2) is 59.1 Å². The van der Waals surface area contributed by atoms with Crippen LogP contribution in [-0.2, 0) is 9.59 Å². The number of carbonyl (C=O) groups excluding carboxylic acids is 2. The number of imide groups is 1. The van der Waals surface area contributed by atoms with Gasteiger partial charge in [0, 0.05) is 17.6 Å². The summed E-state index contributed by atoms with van der Waals surface area (Å²) in [4.78, 5) is 27.9. The molecular formula is C20H18BrN3O2. The van der Waals surface area contributed by atoms with Gasteiger partial charge in [0.1, 0.15) is 6.04 Å². The van der Waals surface area contributed by atoms with Gasteiger partial charge < -0.3 is 0 Å². The first-order valence-corrected chi connectivity index (χ1v) is 9.67. The Morgan fingerprint density at radius 1 is 0.808 bits per heavy atom. The first-order chi connectivity index (χ1) is 12.7. The molecule has 0 aromatic heterocycles. The molecule has 0 aliphatic carbocycles. The number of fused-ring (bicyclic) bond motifs is 3. The van der Waals surface area contributed by atoms with Crippen molar-refractivity contribution in [3.05, 3.63) is 64.6 Å². The van der Waals surface area contributed by atoms with Crippen molar-refractivity contribution >= 4 is 33.4 Å². The summed E-state index contributed by atoms with van der Waals surface area (Å²) in [6, 6.07) is 16.9. The maximum absolute atomic E-state index is 13.3. The molecule has 0 saturated carbocycles. The Bertz CT molecular complexity index is 870. The van der Waals surface area contributed by atoms with E-state index < -0.39 is 0 Å². The van der Waals surface area contributed by atoms with Crippen LogP contribution in [0.4, 0.5) is 5.69 Å². The highest BCUT2D eigenvalue weighted by atomic mass is 79.9. The van der Waals surface area contributed by atoms with E-state index in [1.165, 1.54) is 4.90 Å². The van der Waals surface area contributed by atoms with Crippen LogP contribution >= 0.6 is 15.9 Å². The number of nitrogens with zero attached hydrogens (tertiary/aromatic N) is 3. The van der Waals surface area contributed by atoms with Gasteiger partial charge in [-0.15, -0.1) is 0 Å². The van der Waals surface area contributed by atoms with E-state index in [2.05, 4.69) is 38.1 Å². The minimum Gasteiger partial charge on any atom is -0.274 e. The average molecular weight is 412 g/mol. The second kappa shape index (κ2) is 6.01. The molecule has 0 N–H and O–H groups in total. The zero-order chi connectivity index (χ0) is 17.8. The maximum atomic E-state index is 13.3. The number of hydrogen-bond donors (Lipinski definition) is 0. The molecular weight excluding hydrogens is 394 g/mol. The highest BCUT2D eigenvalue weighted by molar-refractivity contribution is 9.10. The molecule has 132 valence electrons. The molecule has 5 rings (SSSR count). The van der Waals surface area contributed by atoms with Crippen LogP contribution in [0.1, 0.15) is 18.0 Å². The third-order valence-corrected chi connectivity index (χ3v) is 6.16. The monoisotopic (exact) mass is 411 g/mol. The van der Waals surface area contributed by atoms with Crippen LogP contribution in [0.2, 0.25) is 0 Å². The summed E-state index contributed by atoms with van der Waals surface area (Å²) in [5, 5.41) is 4.36. The van der Waals surface area contributed by atoms with Crippen molar-refractivity contribution in [3.8, 4) is 0 Å². The fraction of sp³-hybridized carbons (Fsp3) is 0.300. The number of para-hydroxylation sites is 1. The molecule has 3 saturated heterocycles. The molecule has 2 aromatic carbocycles. The van der Waals surface area contributed by atoms with E-state index in [1.807, 2.05) is 42.5 Å². The van der Waals surface area contributed by atoms with E-state index >= 15 is 0 Å². The molecule has 3 atom stereocenters. The first kappa shape index (κ1) is 16.2. The summed E-state index contributed by atoms with van der Waals surface area (Å²) in [5.41, 5.74) is 1.75. The zero-order valence-electron chi connectivity index (χ0n) is 14.1. The molecule has 3 fully saturated rings. The number of hydrazine groups is 1. The largest absolute Gasteiger partial charge is 0.274 e. The molecule has 0 bridgehead atoms. The SMILES string of the molecule is O=C1[C@@H]2[C@H](C(=O)N1c1ccccc1)N1CCCN1[C@H]2c1ccc(Br)cc1. The summed E-state index contributed by atoms with van der Waals surface area (Å²) >= 11 is 3.48. The standard InChI is InChI=1S/C20H18BrN3O2/c21-14-9-7-13(8-10-14)17-16-18(23-12-4-11-22(17)23)20(26)24(19(16)25)15-5-2-1-3-6-15/h1-3,5-10,16-18H,4,11-12H2/t16-,17-,18+/m0/s1. The van der Waals surface area contributed by atoms with E-state index in [0.717, 1.165) is 29.5 Å². The molecule has 3 aliphatic heterocycles. The van der Waals surface area contributed by atoms with Crippen molar-refractivity contribution in [2.24, 2.45) is 5.92 Å². The Labute approximate surface area is 160 Å². The summed E-state index contributed by atoms with van der Waals surface area (Å²) in [5.74, 6) is -0.546. The van der Waals surface area contributed by atoms with Crippen molar-refractivity contribution < 1.29 is 9.59 Å². The maximum Gasteiger partial charge on any atom is 0.253 e. The van der Waals surface area contributed by atoms with Crippen LogP contribution in [0.5, 0.6) is 0 Å². The Morgan fingerprint density at radius 3 is 2.15 bits per heavy atom. The van der Waals surface area contributed by atoms with E-state index in [9.17, 15) is 9.59 Å². The summed E-state index contributed by atoms with van der Waals surface area (Å²) in [6.45, 7) is 1.72. The molecule has 0 spiro atoms. The van der Waals surface area contributed by atoms with Gasteiger partial charge in [-0.25, -0.2) is 14.9 Å². The second-order valence-electron chi connectivity index (χ2n) is 6.99. The molecule has 5 nitrogen and oxygen atoms in total. The van der Waals surface area contributed by atoms with E-state index in [-0.39, 0.29) is 29.8 Å². The Morgan fingerprint density at radius 2 is 1.46 bits per heavy atom. The normalized spacial score (nSPS) is 28.7. The van der Waals surface area contributed by atoms with E-state index in [0.29, 0.717) is 5.69 Å². The van der Waals surface area contributed by atoms with Crippen molar-refractivity contribution in [1.82, 2.24) is 10.0 Å². The predicted molar refractivity (Wildman–Crippen MR) is 101 cm³/mol. The smallest absolute Gasteiger partial charge is 0.253 e. The zero-order valence-corrected chi connectivity index (χ0v) is 15.7. The van der Waals surface area contributed by atoms with E-state index in [1.54, 1.807) is 0 Å². The third-order valence-electron chi connectivity index (χ3n) is 5.63. The van der Waals surface area contributed by atoms with Crippen LogP contribution in [-0.4, -0.2) is 41.0 Å².